The molecule has 0 unspecified atom stereocenters. The van der Waals surface area contributed by atoms with Gasteiger partial charge in [0.25, 0.3) is 11.8 Å². The van der Waals surface area contributed by atoms with Crippen LogP contribution in [0.4, 0.5) is 11.4 Å². The molecule has 142 valence electrons. The molecule has 28 heavy (non-hydrogen) atoms. The minimum absolute atomic E-state index is 0.0843. The second-order valence-corrected chi connectivity index (χ2v) is 6.73. The van der Waals surface area contributed by atoms with Gasteiger partial charge in [0.15, 0.2) is 0 Å². The number of rotatable bonds is 5. The number of benzene rings is 3. The van der Waals surface area contributed by atoms with Crippen molar-refractivity contribution in [1.82, 2.24) is 0 Å². The van der Waals surface area contributed by atoms with E-state index >= 15 is 0 Å². The Morgan fingerprint density at radius 1 is 0.857 bits per heavy atom. The van der Waals surface area contributed by atoms with Crippen LogP contribution >= 0.6 is 0 Å². The molecule has 0 spiro atoms. The highest BCUT2D eigenvalue weighted by Gasteiger charge is 2.17. The summed E-state index contributed by atoms with van der Waals surface area (Å²) in [6, 6.07) is 22.3. The Kier molecular flexibility index (Phi) is 5.90. The molecule has 0 radical (unpaired) electrons. The molecule has 3 aromatic carbocycles. The highest BCUT2D eigenvalue weighted by molar-refractivity contribution is 6.08. The fourth-order valence-electron chi connectivity index (χ4n) is 3.07. The molecule has 1 N–H and O–H groups in total. The number of hydrogen-bond donors (Lipinski definition) is 1. The topological polar surface area (TPSA) is 49.4 Å². The van der Waals surface area contributed by atoms with Gasteiger partial charge in [-0.15, -0.1) is 0 Å². The minimum Gasteiger partial charge on any atom is -0.322 e. The third-order valence-electron chi connectivity index (χ3n) is 4.66. The van der Waals surface area contributed by atoms with Crippen LogP contribution in [0.25, 0.3) is 0 Å². The van der Waals surface area contributed by atoms with Crippen molar-refractivity contribution in [2.45, 2.75) is 20.8 Å². The summed E-state index contributed by atoms with van der Waals surface area (Å²) < 4.78 is 0. The van der Waals surface area contributed by atoms with Gasteiger partial charge >= 0.3 is 0 Å². The largest absolute Gasteiger partial charge is 0.322 e. The van der Waals surface area contributed by atoms with E-state index in [1.165, 1.54) is 0 Å². The van der Waals surface area contributed by atoms with E-state index in [0.717, 1.165) is 22.5 Å². The SMILES string of the molecule is CCN(C(=O)c1ccc(C(=O)Nc2ccccc2C)cc1)c1cccc(C)c1. The Balaban J connectivity index is 1.76. The molecule has 0 atom stereocenters. The molecule has 4 heteroatoms. The maximum atomic E-state index is 12.9. The number of amides is 2. The highest BCUT2D eigenvalue weighted by atomic mass is 16.2. The highest BCUT2D eigenvalue weighted by Crippen LogP contribution is 2.19. The van der Waals surface area contributed by atoms with Gasteiger partial charge in [-0.05, 0) is 74.4 Å². The average molecular weight is 372 g/mol. The number of nitrogens with zero attached hydrogens (tertiary/aromatic N) is 1. The second kappa shape index (κ2) is 8.53. The van der Waals surface area contributed by atoms with Crippen molar-refractivity contribution in [3.8, 4) is 0 Å². The van der Waals surface area contributed by atoms with Crippen molar-refractivity contribution in [2.75, 3.05) is 16.8 Å². The maximum absolute atomic E-state index is 12.9. The number of hydrogen-bond acceptors (Lipinski definition) is 2. The first-order valence-electron chi connectivity index (χ1n) is 9.35. The molecule has 0 aliphatic carbocycles. The zero-order valence-corrected chi connectivity index (χ0v) is 16.4. The van der Waals surface area contributed by atoms with E-state index in [1.54, 1.807) is 29.2 Å². The first-order valence-corrected chi connectivity index (χ1v) is 9.35. The van der Waals surface area contributed by atoms with Crippen LogP contribution in [0.2, 0.25) is 0 Å². The predicted molar refractivity (Wildman–Crippen MR) is 114 cm³/mol. The summed E-state index contributed by atoms with van der Waals surface area (Å²) >= 11 is 0. The summed E-state index contributed by atoms with van der Waals surface area (Å²) in [5.41, 5.74) is 4.82. The van der Waals surface area contributed by atoms with Crippen LogP contribution < -0.4 is 10.2 Å². The van der Waals surface area contributed by atoms with Crippen LogP contribution in [-0.4, -0.2) is 18.4 Å². The molecule has 0 fully saturated rings. The molecule has 0 heterocycles. The van der Waals surface area contributed by atoms with Gasteiger partial charge in [-0.25, -0.2) is 0 Å². The van der Waals surface area contributed by atoms with Gasteiger partial charge in [0.05, 0.1) is 0 Å². The average Bonchev–Trinajstić information content (AvgIpc) is 2.70. The molecule has 3 rings (SSSR count). The van der Waals surface area contributed by atoms with Crippen LogP contribution in [0, 0.1) is 13.8 Å². The standard InChI is InChI=1S/C24H24N2O2/c1-4-26(21-10-7-8-17(2)16-21)24(28)20-14-12-19(13-15-20)23(27)25-22-11-6-5-9-18(22)3/h5-16H,4H2,1-3H3,(H,25,27). The normalized spacial score (nSPS) is 10.4. The predicted octanol–water partition coefficient (Wildman–Crippen LogP) is 5.22. The molecule has 2 amide bonds. The molecule has 0 saturated heterocycles. The van der Waals surface area contributed by atoms with E-state index in [-0.39, 0.29) is 11.8 Å². The molecule has 0 aromatic heterocycles. The van der Waals surface area contributed by atoms with Crippen molar-refractivity contribution in [3.63, 3.8) is 0 Å². The van der Waals surface area contributed by atoms with Crippen molar-refractivity contribution >= 4 is 23.2 Å². The van der Waals surface area contributed by atoms with Crippen LogP contribution in [0.1, 0.15) is 38.8 Å². The summed E-state index contributed by atoms with van der Waals surface area (Å²) in [7, 11) is 0. The van der Waals surface area contributed by atoms with E-state index < -0.39 is 0 Å². The lowest BCUT2D eigenvalue weighted by atomic mass is 10.1. The smallest absolute Gasteiger partial charge is 0.258 e. The lowest BCUT2D eigenvalue weighted by molar-refractivity contribution is 0.0985. The Bertz CT molecular complexity index is 993. The van der Waals surface area contributed by atoms with Gasteiger partial charge in [0.1, 0.15) is 0 Å². The zero-order chi connectivity index (χ0) is 20.1. The number of anilines is 2. The van der Waals surface area contributed by atoms with E-state index in [1.807, 2.05) is 69.3 Å². The van der Waals surface area contributed by atoms with E-state index in [9.17, 15) is 9.59 Å². The molecule has 0 bridgehead atoms. The molecule has 3 aromatic rings. The summed E-state index contributed by atoms with van der Waals surface area (Å²) in [5, 5.41) is 2.91. The summed E-state index contributed by atoms with van der Waals surface area (Å²) in [6.07, 6.45) is 0. The Hall–Kier alpha value is -3.40. The first-order chi connectivity index (χ1) is 13.5. The molecular weight excluding hydrogens is 348 g/mol. The van der Waals surface area contributed by atoms with Crippen LogP contribution in [0.3, 0.4) is 0 Å². The van der Waals surface area contributed by atoms with Gasteiger partial charge in [-0.3, -0.25) is 9.59 Å². The van der Waals surface area contributed by atoms with Crippen molar-refractivity contribution in [2.24, 2.45) is 0 Å². The Morgan fingerprint density at radius 3 is 2.18 bits per heavy atom. The molecule has 4 nitrogen and oxygen atoms in total. The first kappa shape index (κ1) is 19.4. The quantitative estimate of drug-likeness (QED) is 0.667. The minimum atomic E-state index is -0.195. The van der Waals surface area contributed by atoms with Crippen LogP contribution in [0.5, 0.6) is 0 Å². The summed E-state index contributed by atoms with van der Waals surface area (Å²) in [5.74, 6) is -0.279. The summed E-state index contributed by atoms with van der Waals surface area (Å²) in [4.78, 5) is 27.2. The second-order valence-electron chi connectivity index (χ2n) is 6.73. The number of nitrogens with one attached hydrogen (secondary N) is 1. The van der Waals surface area contributed by atoms with Gasteiger partial charge in [0, 0.05) is 29.0 Å². The van der Waals surface area contributed by atoms with Crippen molar-refractivity contribution < 1.29 is 9.59 Å². The van der Waals surface area contributed by atoms with Gasteiger partial charge in [-0.2, -0.15) is 0 Å². The third-order valence-corrected chi connectivity index (χ3v) is 4.66. The third kappa shape index (κ3) is 4.29. The Labute approximate surface area is 165 Å². The fraction of sp³-hybridized carbons (Fsp3) is 0.167. The number of carbonyl (C=O) groups is 2. The zero-order valence-electron chi connectivity index (χ0n) is 16.4. The number of carbonyl (C=O) groups excluding carboxylic acids is 2. The number of aryl methyl sites for hydroxylation is 2. The molecule has 0 aliphatic rings. The van der Waals surface area contributed by atoms with Gasteiger partial charge in [-0.1, -0.05) is 30.3 Å². The maximum Gasteiger partial charge on any atom is 0.258 e. The fourth-order valence-corrected chi connectivity index (χ4v) is 3.07. The lowest BCUT2D eigenvalue weighted by Gasteiger charge is -2.21. The monoisotopic (exact) mass is 372 g/mol. The van der Waals surface area contributed by atoms with Crippen LogP contribution in [0.15, 0.2) is 72.8 Å². The lowest BCUT2D eigenvalue weighted by Crippen LogP contribution is -2.30. The van der Waals surface area contributed by atoms with Crippen LogP contribution in [-0.2, 0) is 0 Å². The van der Waals surface area contributed by atoms with Gasteiger partial charge < -0.3 is 10.2 Å². The van der Waals surface area contributed by atoms with Crippen molar-refractivity contribution in [3.05, 3.63) is 95.1 Å². The number of para-hydroxylation sites is 1. The molecule has 0 aliphatic heterocycles. The van der Waals surface area contributed by atoms with E-state index in [4.69, 9.17) is 0 Å². The molecule has 0 saturated carbocycles. The van der Waals surface area contributed by atoms with Crippen molar-refractivity contribution in [1.29, 1.82) is 0 Å². The Morgan fingerprint density at radius 2 is 1.54 bits per heavy atom. The summed E-state index contributed by atoms with van der Waals surface area (Å²) in [6.45, 7) is 6.47. The molecular formula is C24H24N2O2. The van der Waals surface area contributed by atoms with E-state index in [2.05, 4.69) is 5.32 Å². The van der Waals surface area contributed by atoms with Gasteiger partial charge in [0.2, 0.25) is 0 Å². The van der Waals surface area contributed by atoms with E-state index in [0.29, 0.717) is 17.7 Å².